The predicted molar refractivity (Wildman–Crippen MR) is 69.0 cm³/mol. The highest BCUT2D eigenvalue weighted by Gasteiger charge is 2.06. The summed E-state index contributed by atoms with van der Waals surface area (Å²) in [4.78, 5) is 8.25. The highest BCUT2D eigenvalue weighted by atomic mass is 79.9. The average molecular weight is 294 g/mol. The predicted octanol–water partition coefficient (Wildman–Crippen LogP) is 2.75. The number of halogens is 1. The highest BCUT2D eigenvalue weighted by Crippen LogP contribution is 2.24. The molecule has 0 aliphatic carbocycles. The third-order valence-electron chi connectivity index (χ3n) is 2.11. The van der Waals surface area contributed by atoms with Gasteiger partial charge in [0, 0.05) is 29.0 Å². The Labute approximate surface area is 108 Å². The molecule has 0 bridgehead atoms. The molecule has 4 nitrogen and oxygen atoms in total. The molecule has 0 fully saturated rings. The molecule has 0 amide bonds. The number of nitrogens with zero attached hydrogens (tertiary/aromatic N) is 2. The molecule has 0 aliphatic heterocycles. The van der Waals surface area contributed by atoms with Crippen LogP contribution in [0.15, 0.2) is 41.3 Å². The number of aromatic nitrogens is 2. The summed E-state index contributed by atoms with van der Waals surface area (Å²) in [7, 11) is 1.88. The zero-order chi connectivity index (χ0) is 12.1. The highest BCUT2D eigenvalue weighted by molar-refractivity contribution is 9.10. The van der Waals surface area contributed by atoms with Crippen LogP contribution in [0.25, 0.3) is 0 Å². The van der Waals surface area contributed by atoms with Gasteiger partial charge in [-0.1, -0.05) is 0 Å². The molecule has 0 radical (unpaired) electrons. The van der Waals surface area contributed by atoms with E-state index in [0.29, 0.717) is 18.2 Å². The largest absolute Gasteiger partial charge is 0.437 e. The maximum atomic E-state index is 5.68. The Bertz CT molecular complexity index is 490. The number of ether oxygens (including phenoxy) is 1. The monoisotopic (exact) mass is 293 g/mol. The molecule has 2 rings (SSSR count). The van der Waals surface area contributed by atoms with Crippen molar-refractivity contribution in [3.8, 4) is 11.6 Å². The first kappa shape index (κ1) is 12.0. The lowest BCUT2D eigenvalue weighted by Crippen LogP contribution is -2.07. The molecular formula is C12H12BrN3O. The molecule has 0 spiro atoms. The molecule has 88 valence electrons. The molecule has 2 aromatic rings. The van der Waals surface area contributed by atoms with Crippen LogP contribution in [0.5, 0.6) is 11.6 Å². The summed E-state index contributed by atoms with van der Waals surface area (Å²) in [6.45, 7) is 0.696. The Morgan fingerprint density at radius 1 is 1.41 bits per heavy atom. The first-order valence-electron chi connectivity index (χ1n) is 5.16. The van der Waals surface area contributed by atoms with E-state index >= 15 is 0 Å². The van der Waals surface area contributed by atoms with E-state index in [1.54, 1.807) is 18.6 Å². The van der Waals surface area contributed by atoms with Crippen molar-refractivity contribution in [2.45, 2.75) is 6.54 Å². The van der Waals surface area contributed by atoms with Crippen LogP contribution in [-0.4, -0.2) is 17.0 Å². The van der Waals surface area contributed by atoms with E-state index in [2.05, 4.69) is 31.2 Å². The maximum absolute atomic E-state index is 5.68. The summed E-state index contributed by atoms with van der Waals surface area (Å²) in [6.07, 6.45) is 5.08. The normalized spacial score (nSPS) is 10.2. The van der Waals surface area contributed by atoms with Crippen molar-refractivity contribution in [3.63, 3.8) is 0 Å². The Balaban J connectivity index is 2.26. The van der Waals surface area contributed by atoms with Gasteiger partial charge in [0.1, 0.15) is 5.75 Å². The molecule has 2 heterocycles. The summed E-state index contributed by atoms with van der Waals surface area (Å²) >= 11 is 3.39. The number of pyridine rings is 2. The van der Waals surface area contributed by atoms with Gasteiger partial charge in [0.05, 0.1) is 6.20 Å². The first-order chi connectivity index (χ1) is 8.29. The van der Waals surface area contributed by atoms with Gasteiger partial charge in [-0.2, -0.15) is 0 Å². The number of rotatable bonds is 4. The standard InChI is InChI=1S/C12H12BrN3O/c1-14-6-9-5-10(13)7-16-12(9)17-11-3-2-4-15-8-11/h2-5,7-8,14H,6H2,1H3. The number of hydrogen-bond acceptors (Lipinski definition) is 4. The van der Waals surface area contributed by atoms with Gasteiger partial charge in [-0.3, -0.25) is 4.98 Å². The van der Waals surface area contributed by atoms with Gasteiger partial charge in [0.2, 0.25) is 5.88 Å². The zero-order valence-corrected chi connectivity index (χ0v) is 10.9. The smallest absolute Gasteiger partial charge is 0.223 e. The van der Waals surface area contributed by atoms with E-state index in [1.807, 2.05) is 25.2 Å². The van der Waals surface area contributed by atoms with E-state index in [1.165, 1.54) is 0 Å². The van der Waals surface area contributed by atoms with E-state index in [9.17, 15) is 0 Å². The molecule has 17 heavy (non-hydrogen) atoms. The van der Waals surface area contributed by atoms with Crippen molar-refractivity contribution in [1.29, 1.82) is 0 Å². The van der Waals surface area contributed by atoms with E-state index in [4.69, 9.17) is 4.74 Å². The minimum atomic E-state index is 0.593. The summed E-state index contributed by atoms with van der Waals surface area (Å²) < 4.78 is 6.61. The van der Waals surface area contributed by atoms with E-state index < -0.39 is 0 Å². The van der Waals surface area contributed by atoms with E-state index in [-0.39, 0.29) is 0 Å². The molecule has 0 aromatic carbocycles. The maximum Gasteiger partial charge on any atom is 0.223 e. The fourth-order valence-electron chi connectivity index (χ4n) is 1.40. The third kappa shape index (κ3) is 3.25. The fraction of sp³-hybridized carbons (Fsp3) is 0.167. The van der Waals surface area contributed by atoms with Crippen LogP contribution in [-0.2, 0) is 6.54 Å². The van der Waals surface area contributed by atoms with Gasteiger partial charge >= 0.3 is 0 Å². The quantitative estimate of drug-likeness (QED) is 0.942. The summed E-state index contributed by atoms with van der Waals surface area (Å²) in [5, 5.41) is 3.08. The van der Waals surface area contributed by atoms with Gasteiger partial charge in [-0.05, 0) is 41.2 Å². The molecule has 2 aromatic heterocycles. The van der Waals surface area contributed by atoms with Crippen LogP contribution in [0.4, 0.5) is 0 Å². The second-order valence-corrected chi connectivity index (χ2v) is 4.35. The molecule has 0 saturated heterocycles. The Morgan fingerprint density at radius 2 is 2.29 bits per heavy atom. The lowest BCUT2D eigenvalue weighted by atomic mass is 10.2. The van der Waals surface area contributed by atoms with Gasteiger partial charge in [-0.15, -0.1) is 0 Å². The second kappa shape index (κ2) is 5.75. The van der Waals surface area contributed by atoms with Crippen molar-refractivity contribution < 1.29 is 4.74 Å². The third-order valence-corrected chi connectivity index (χ3v) is 2.54. The van der Waals surface area contributed by atoms with Crippen molar-refractivity contribution >= 4 is 15.9 Å². The minimum Gasteiger partial charge on any atom is -0.437 e. The Morgan fingerprint density at radius 3 is 3.00 bits per heavy atom. The van der Waals surface area contributed by atoms with Crippen molar-refractivity contribution in [2.24, 2.45) is 0 Å². The van der Waals surface area contributed by atoms with Crippen LogP contribution < -0.4 is 10.1 Å². The molecule has 0 aliphatic rings. The van der Waals surface area contributed by atoms with Gasteiger partial charge in [0.15, 0.2) is 0 Å². The molecular weight excluding hydrogens is 282 g/mol. The van der Waals surface area contributed by atoms with Crippen LogP contribution in [0, 0.1) is 0 Å². The van der Waals surface area contributed by atoms with Crippen molar-refractivity contribution in [2.75, 3.05) is 7.05 Å². The summed E-state index contributed by atoms with van der Waals surface area (Å²) in [5.41, 5.74) is 0.991. The average Bonchev–Trinajstić information content (AvgIpc) is 2.34. The lowest BCUT2D eigenvalue weighted by molar-refractivity contribution is 0.452. The molecule has 0 atom stereocenters. The van der Waals surface area contributed by atoms with Crippen LogP contribution >= 0.6 is 15.9 Å². The Kier molecular flexibility index (Phi) is 4.06. The van der Waals surface area contributed by atoms with Gasteiger partial charge in [0.25, 0.3) is 0 Å². The van der Waals surface area contributed by atoms with Gasteiger partial charge in [-0.25, -0.2) is 4.98 Å². The van der Waals surface area contributed by atoms with Gasteiger partial charge < -0.3 is 10.1 Å². The summed E-state index contributed by atoms with van der Waals surface area (Å²) in [6, 6.07) is 5.65. The topological polar surface area (TPSA) is 47.0 Å². The van der Waals surface area contributed by atoms with Crippen LogP contribution in [0.3, 0.4) is 0 Å². The fourth-order valence-corrected chi connectivity index (χ4v) is 1.78. The number of nitrogens with one attached hydrogen (secondary N) is 1. The SMILES string of the molecule is CNCc1cc(Br)cnc1Oc1cccnc1. The molecule has 1 N–H and O–H groups in total. The minimum absolute atomic E-state index is 0.593. The zero-order valence-electron chi connectivity index (χ0n) is 9.35. The second-order valence-electron chi connectivity index (χ2n) is 3.44. The van der Waals surface area contributed by atoms with Crippen molar-refractivity contribution in [1.82, 2.24) is 15.3 Å². The lowest BCUT2D eigenvalue weighted by Gasteiger charge is -2.09. The molecule has 5 heteroatoms. The Hall–Kier alpha value is -1.46. The first-order valence-corrected chi connectivity index (χ1v) is 5.96. The van der Waals surface area contributed by atoms with Crippen LogP contribution in [0.1, 0.15) is 5.56 Å². The van der Waals surface area contributed by atoms with Crippen molar-refractivity contribution in [3.05, 3.63) is 46.8 Å². The molecule has 0 unspecified atom stereocenters. The van der Waals surface area contributed by atoms with E-state index in [0.717, 1.165) is 10.0 Å². The molecule has 0 saturated carbocycles. The number of hydrogen-bond donors (Lipinski definition) is 1. The summed E-state index contributed by atoms with van der Waals surface area (Å²) in [5.74, 6) is 1.27. The van der Waals surface area contributed by atoms with Crippen LogP contribution in [0.2, 0.25) is 0 Å².